The second kappa shape index (κ2) is 12.6. The Morgan fingerprint density at radius 3 is 2.10 bits per heavy atom. The predicted octanol–water partition coefficient (Wildman–Crippen LogP) is 8.18. The summed E-state index contributed by atoms with van der Waals surface area (Å²) in [6.45, 7) is 10.2. The van der Waals surface area contributed by atoms with Crippen molar-refractivity contribution >= 4 is 72.2 Å². The number of carbonyl (C=O) groups is 1. The summed E-state index contributed by atoms with van der Waals surface area (Å²) in [5.41, 5.74) is 9.41. The van der Waals surface area contributed by atoms with E-state index < -0.39 is 3.37 Å². The molecule has 0 atom stereocenters. The Morgan fingerprint density at radius 2 is 1.52 bits per heavy atom. The van der Waals surface area contributed by atoms with Crippen LogP contribution in [0.3, 0.4) is 0 Å². The number of aliphatic imine (C=N–C) groups is 1. The Balaban J connectivity index is 0.000000249. The molecule has 1 heterocycles. The molecule has 1 N–H and O–H groups in total. The first-order chi connectivity index (χ1) is 14.2. The van der Waals surface area contributed by atoms with Crippen LogP contribution in [-0.2, 0) is 17.6 Å². The molecule has 3 nitrogen and oxygen atoms in total. The molecule has 0 aliphatic carbocycles. The van der Waals surface area contributed by atoms with Crippen LogP contribution in [0.15, 0.2) is 35.3 Å². The average Bonchev–Trinajstić information content (AvgIpc) is 2.64. The van der Waals surface area contributed by atoms with Gasteiger partial charge in [-0.1, -0.05) is 24.3 Å². The van der Waals surface area contributed by atoms with E-state index in [0.717, 1.165) is 25.8 Å². The fourth-order valence-electron chi connectivity index (χ4n) is 2.82. The number of amides is 1. The fraction of sp³-hybridized carbons (Fsp3) is 0.364. The summed E-state index contributed by atoms with van der Waals surface area (Å²) in [6, 6.07) is 10.9. The Kier molecular flexibility index (Phi) is 11.6. The quantitative estimate of drug-likeness (QED) is 0.235. The van der Waals surface area contributed by atoms with Crippen molar-refractivity contribution in [2.75, 3.05) is 13.1 Å². The molecule has 31 heavy (non-hydrogen) atoms. The van der Waals surface area contributed by atoms with E-state index in [-0.39, 0.29) is 0 Å². The summed E-state index contributed by atoms with van der Waals surface area (Å²) < 4.78 is -3.69. The van der Waals surface area contributed by atoms with Gasteiger partial charge in [-0.2, -0.15) is 0 Å². The number of carbonyl (C=O) groups excluding carboxylic acids is 1. The number of nitrogens with one attached hydrogen (secondary N) is 1. The summed E-state index contributed by atoms with van der Waals surface area (Å²) in [7, 11) is 0. The van der Waals surface area contributed by atoms with Gasteiger partial charge in [-0.15, -0.1) is 0 Å². The first kappa shape index (κ1) is 28.5. The third kappa shape index (κ3) is 13.6. The molecule has 2 aromatic rings. The topological polar surface area (TPSA) is 41.5 Å². The first-order valence-electron chi connectivity index (χ1n) is 9.69. The van der Waals surface area contributed by atoms with Gasteiger partial charge in [-0.05, 0) is 85.5 Å². The van der Waals surface area contributed by atoms with E-state index in [1.165, 1.54) is 38.9 Å². The molecule has 0 unspecified atom stereocenters. The van der Waals surface area contributed by atoms with Crippen LogP contribution in [0, 0.1) is 27.7 Å². The maximum atomic E-state index is 10.0. The third-order valence-corrected chi connectivity index (χ3v) is 4.71. The van der Waals surface area contributed by atoms with Crippen LogP contribution in [0.25, 0.3) is 0 Å². The number of rotatable bonds is 4. The van der Waals surface area contributed by atoms with Crippen LogP contribution in [0.5, 0.6) is 0 Å². The van der Waals surface area contributed by atoms with Crippen molar-refractivity contribution in [2.24, 2.45) is 4.99 Å². The molecule has 0 bridgehead atoms. The van der Waals surface area contributed by atoms with Crippen LogP contribution in [-0.4, -0.2) is 25.7 Å². The number of fused-ring (bicyclic) bond motifs is 1. The second-order valence-electron chi connectivity index (χ2n) is 7.30. The number of hydrogen-bond acceptors (Lipinski definition) is 2. The van der Waals surface area contributed by atoms with E-state index in [1.807, 2.05) is 6.21 Å². The first-order valence-corrected chi connectivity index (χ1v) is 16.4. The molecule has 0 spiro atoms. The molecule has 0 radical (unpaired) electrons. The minimum atomic E-state index is -3.69. The van der Waals surface area contributed by atoms with E-state index in [1.54, 1.807) is 0 Å². The molecular weight excluding hydrogens is 516 g/mol. The molecular formula is C22H28Cl5N2OP. The second-order valence-corrected chi connectivity index (χ2v) is 23.9. The average molecular weight is 545 g/mol. The number of nitrogens with zero attached hydrogens (tertiary/aromatic N) is 1. The van der Waals surface area contributed by atoms with E-state index >= 15 is 0 Å². The summed E-state index contributed by atoms with van der Waals surface area (Å²) in [5.74, 6) is 0. The number of halogens is 5. The normalized spacial score (nSPS) is 13.4. The van der Waals surface area contributed by atoms with Crippen molar-refractivity contribution in [3.05, 3.63) is 69.3 Å². The van der Waals surface area contributed by atoms with Gasteiger partial charge in [-0.25, -0.2) is 0 Å². The van der Waals surface area contributed by atoms with Crippen molar-refractivity contribution in [2.45, 2.75) is 40.5 Å². The maximum absolute atomic E-state index is 10.0. The van der Waals surface area contributed by atoms with Crippen LogP contribution >= 0.6 is 59.6 Å². The standard InChI is InChI=1S/C11H15NO.C11H13N.Cl5P/c1-9-3-4-11(7-10(9)2)5-6-12-8-13;1-8-5-10-3-4-12-7-11(10)6-9(8)2;1-6(2,3,4)5/h3-4,7-8H,5-6H2,1-2H3,(H,12,13);5-7H,3-4H2,1-2H3;. The van der Waals surface area contributed by atoms with Gasteiger partial charge >= 0.3 is 59.6 Å². The van der Waals surface area contributed by atoms with Crippen LogP contribution in [0.2, 0.25) is 0 Å². The Morgan fingerprint density at radius 1 is 0.935 bits per heavy atom. The summed E-state index contributed by atoms with van der Waals surface area (Å²) in [4.78, 5) is 14.3. The fourth-order valence-corrected chi connectivity index (χ4v) is 2.82. The van der Waals surface area contributed by atoms with Gasteiger partial charge in [0, 0.05) is 19.3 Å². The Bertz CT molecular complexity index is 907. The minimum absolute atomic E-state index is 0.714. The molecule has 1 aliphatic rings. The zero-order valence-corrected chi connectivity index (χ0v) is 22.7. The molecule has 0 saturated carbocycles. The van der Waals surface area contributed by atoms with Gasteiger partial charge in [0.05, 0.1) is 0 Å². The summed E-state index contributed by atoms with van der Waals surface area (Å²) in [5, 5.41) is 2.65. The third-order valence-electron chi connectivity index (χ3n) is 4.71. The zero-order valence-electron chi connectivity index (χ0n) is 18.1. The Labute approximate surface area is 209 Å². The van der Waals surface area contributed by atoms with Crippen LogP contribution < -0.4 is 5.32 Å². The van der Waals surface area contributed by atoms with Gasteiger partial charge in [0.15, 0.2) is 0 Å². The van der Waals surface area contributed by atoms with Gasteiger partial charge in [0.1, 0.15) is 0 Å². The molecule has 9 heteroatoms. The van der Waals surface area contributed by atoms with Crippen molar-refractivity contribution < 1.29 is 4.79 Å². The van der Waals surface area contributed by atoms with E-state index in [2.05, 4.69) is 68.3 Å². The van der Waals surface area contributed by atoms with Crippen molar-refractivity contribution in [1.82, 2.24) is 5.32 Å². The molecule has 1 amide bonds. The number of aryl methyl sites for hydroxylation is 4. The van der Waals surface area contributed by atoms with Crippen LogP contribution in [0.1, 0.15) is 38.9 Å². The van der Waals surface area contributed by atoms with Crippen molar-refractivity contribution in [1.29, 1.82) is 0 Å². The molecule has 0 aromatic heterocycles. The van der Waals surface area contributed by atoms with Crippen LogP contribution in [0.4, 0.5) is 0 Å². The Hall–Kier alpha value is -0.540. The molecule has 172 valence electrons. The number of benzene rings is 2. The van der Waals surface area contributed by atoms with E-state index in [4.69, 9.17) is 56.2 Å². The number of hydrogen-bond donors (Lipinski definition) is 1. The molecule has 3 rings (SSSR count). The van der Waals surface area contributed by atoms with Gasteiger partial charge < -0.3 is 5.32 Å². The van der Waals surface area contributed by atoms with Crippen molar-refractivity contribution in [3.8, 4) is 0 Å². The predicted molar refractivity (Wildman–Crippen MR) is 142 cm³/mol. The molecule has 1 aliphatic heterocycles. The van der Waals surface area contributed by atoms with Gasteiger partial charge in [0.25, 0.3) is 0 Å². The summed E-state index contributed by atoms with van der Waals surface area (Å²) in [6.07, 6.45) is 4.74. The van der Waals surface area contributed by atoms with E-state index in [0.29, 0.717) is 6.54 Å². The SMILES string of the molecule is Cc1cc2c(cc1C)CCN=C2.Cc1ccc(CCNC=O)cc1C.ClP(Cl)(Cl)(Cl)Cl. The molecule has 2 aromatic carbocycles. The zero-order chi connectivity index (χ0) is 23.7. The van der Waals surface area contributed by atoms with Gasteiger partial charge in [-0.3, -0.25) is 9.79 Å². The monoisotopic (exact) mass is 542 g/mol. The van der Waals surface area contributed by atoms with Gasteiger partial charge in [0.2, 0.25) is 6.41 Å². The molecule has 0 fully saturated rings. The van der Waals surface area contributed by atoms with E-state index in [9.17, 15) is 4.79 Å². The van der Waals surface area contributed by atoms with Crippen molar-refractivity contribution in [3.63, 3.8) is 0 Å². The summed E-state index contributed by atoms with van der Waals surface area (Å²) >= 11 is 24.9. The molecule has 0 saturated heterocycles.